The molecule has 2 aliphatic rings. The number of hydrogen-bond acceptors (Lipinski definition) is 6. The first kappa shape index (κ1) is 14.4. The molecule has 0 atom stereocenters. The van der Waals surface area contributed by atoms with E-state index in [2.05, 4.69) is 9.89 Å². The number of nitrogens with zero attached hydrogens (tertiary/aromatic N) is 3. The Morgan fingerprint density at radius 2 is 2.24 bits per heavy atom. The van der Waals surface area contributed by atoms with Crippen LogP contribution in [0.2, 0.25) is 0 Å². The molecule has 6 nitrogen and oxygen atoms in total. The summed E-state index contributed by atoms with van der Waals surface area (Å²) in [5.41, 5.74) is 0.419. The Kier molecular flexibility index (Phi) is 4.42. The lowest BCUT2D eigenvalue weighted by molar-refractivity contribution is -0.124. The Morgan fingerprint density at radius 3 is 2.90 bits per heavy atom. The molecule has 1 aromatic heterocycles. The normalized spacial score (nSPS) is 22.1. The van der Waals surface area contributed by atoms with E-state index in [9.17, 15) is 4.79 Å². The van der Waals surface area contributed by atoms with E-state index in [4.69, 9.17) is 9.15 Å². The van der Waals surface area contributed by atoms with Gasteiger partial charge in [-0.15, -0.1) is 0 Å². The summed E-state index contributed by atoms with van der Waals surface area (Å²) >= 11 is 1.47. The van der Waals surface area contributed by atoms with Crippen molar-refractivity contribution in [2.75, 3.05) is 39.2 Å². The summed E-state index contributed by atoms with van der Waals surface area (Å²) in [6, 6.07) is 3.59. The molecule has 0 aromatic carbocycles. The highest BCUT2D eigenvalue weighted by Gasteiger charge is 2.31. The van der Waals surface area contributed by atoms with Crippen LogP contribution in [0.15, 0.2) is 33.5 Å². The van der Waals surface area contributed by atoms with Gasteiger partial charge in [-0.05, 0) is 18.4 Å². The smallest absolute Gasteiger partial charge is 0.279 e. The van der Waals surface area contributed by atoms with E-state index >= 15 is 0 Å². The summed E-state index contributed by atoms with van der Waals surface area (Å²) in [7, 11) is 0. The van der Waals surface area contributed by atoms with Crippen molar-refractivity contribution >= 4 is 28.9 Å². The van der Waals surface area contributed by atoms with Crippen molar-refractivity contribution in [2.24, 2.45) is 4.99 Å². The minimum Gasteiger partial charge on any atom is -0.465 e. The molecule has 2 aliphatic heterocycles. The summed E-state index contributed by atoms with van der Waals surface area (Å²) < 4.78 is 10.6. The second kappa shape index (κ2) is 6.46. The van der Waals surface area contributed by atoms with E-state index in [1.165, 1.54) is 11.8 Å². The van der Waals surface area contributed by atoms with E-state index in [0.717, 1.165) is 18.3 Å². The zero-order chi connectivity index (χ0) is 14.7. The molecule has 3 heterocycles. The van der Waals surface area contributed by atoms with Gasteiger partial charge in [0.2, 0.25) is 0 Å². The first-order chi connectivity index (χ1) is 10.3. The molecule has 0 radical (unpaired) electrons. The van der Waals surface area contributed by atoms with Crippen LogP contribution >= 0.6 is 11.8 Å². The highest BCUT2D eigenvalue weighted by Crippen LogP contribution is 2.23. The molecule has 0 saturated carbocycles. The molecule has 1 aromatic rings. The number of ether oxygens (including phenoxy) is 1. The molecule has 0 aliphatic carbocycles. The fraction of sp³-hybridized carbons (Fsp3) is 0.429. The molecule has 1 saturated heterocycles. The Balaban J connectivity index is 1.75. The SMILES string of the molecule is CSC1=N/C(=C\c2ccco2)C(=O)N1CN1CCOCC1. The topological polar surface area (TPSA) is 58.3 Å². The van der Waals surface area contributed by atoms with Crippen molar-refractivity contribution < 1.29 is 13.9 Å². The highest BCUT2D eigenvalue weighted by atomic mass is 32.2. The van der Waals surface area contributed by atoms with Crippen molar-refractivity contribution in [3.05, 3.63) is 29.9 Å². The molecule has 1 fully saturated rings. The maximum absolute atomic E-state index is 12.5. The van der Waals surface area contributed by atoms with E-state index in [1.54, 1.807) is 29.4 Å². The van der Waals surface area contributed by atoms with E-state index in [-0.39, 0.29) is 5.91 Å². The van der Waals surface area contributed by atoms with Crippen LogP contribution in [0.4, 0.5) is 0 Å². The van der Waals surface area contributed by atoms with Crippen molar-refractivity contribution in [3.8, 4) is 0 Å². The van der Waals surface area contributed by atoms with Gasteiger partial charge in [-0.25, -0.2) is 4.99 Å². The van der Waals surface area contributed by atoms with Crippen LogP contribution in [0, 0.1) is 0 Å². The maximum atomic E-state index is 12.5. The van der Waals surface area contributed by atoms with Gasteiger partial charge >= 0.3 is 0 Å². The molecule has 0 N–H and O–H groups in total. The lowest BCUT2D eigenvalue weighted by Gasteiger charge is -2.30. The van der Waals surface area contributed by atoms with Crippen LogP contribution in [0.25, 0.3) is 6.08 Å². The minimum atomic E-state index is -0.0813. The van der Waals surface area contributed by atoms with Crippen molar-refractivity contribution in [2.45, 2.75) is 0 Å². The van der Waals surface area contributed by atoms with Gasteiger partial charge in [0.15, 0.2) is 5.17 Å². The largest absolute Gasteiger partial charge is 0.465 e. The quantitative estimate of drug-likeness (QED) is 0.792. The Labute approximate surface area is 127 Å². The van der Waals surface area contributed by atoms with Crippen LogP contribution < -0.4 is 0 Å². The van der Waals surface area contributed by atoms with Crippen LogP contribution in [0.5, 0.6) is 0 Å². The van der Waals surface area contributed by atoms with Gasteiger partial charge in [-0.2, -0.15) is 0 Å². The number of thioether (sulfide) groups is 1. The molecule has 1 amide bonds. The fourth-order valence-electron chi connectivity index (χ4n) is 2.26. The third kappa shape index (κ3) is 3.20. The predicted octanol–water partition coefficient (Wildman–Crippen LogP) is 1.47. The molecule has 21 heavy (non-hydrogen) atoms. The number of morpholine rings is 1. The zero-order valence-corrected chi connectivity index (χ0v) is 12.6. The molecular formula is C14H17N3O3S. The summed E-state index contributed by atoms with van der Waals surface area (Å²) in [5, 5.41) is 0.726. The monoisotopic (exact) mass is 307 g/mol. The van der Waals surface area contributed by atoms with Gasteiger partial charge in [-0.1, -0.05) is 11.8 Å². The fourth-order valence-corrected chi connectivity index (χ4v) is 2.81. The molecule has 0 bridgehead atoms. The number of amides is 1. The minimum absolute atomic E-state index is 0.0813. The third-order valence-electron chi connectivity index (χ3n) is 3.36. The maximum Gasteiger partial charge on any atom is 0.279 e. The number of rotatable bonds is 3. The number of carbonyl (C=O) groups is 1. The number of furan rings is 1. The van der Waals surface area contributed by atoms with E-state index < -0.39 is 0 Å². The van der Waals surface area contributed by atoms with Gasteiger partial charge in [-0.3, -0.25) is 14.6 Å². The summed E-state index contributed by atoms with van der Waals surface area (Å²) in [6.07, 6.45) is 5.18. The lowest BCUT2D eigenvalue weighted by Crippen LogP contribution is -2.46. The zero-order valence-electron chi connectivity index (χ0n) is 11.8. The number of carbonyl (C=O) groups excluding carboxylic acids is 1. The summed E-state index contributed by atoms with van der Waals surface area (Å²) in [6.45, 7) is 3.65. The Bertz CT molecular complexity index is 562. The van der Waals surface area contributed by atoms with Gasteiger partial charge in [0.1, 0.15) is 11.5 Å². The van der Waals surface area contributed by atoms with E-state index in [1.807, 2.05) is 6.26 Å². The van der Waals surface area contributed by atoms with Crippen LogP contribution in [-0.2, 0) is 9.53 Å². The second-order valence-corrected chi connectivity index (χ2v) is 5.52. The molecular weight excluding hydrogens is 290 g/mol. The third-order valence-corrected chi connectivity index (χ3v) is 4.04. The molecule has 112 valence electrons. The van der Waals surface area contributed by atoms with Gasteiger partial charge in [0, 0.05) is 19.2 Å². The van der Waals surface area contributed by atoms with Crippen molar-refractivity contribution in [3.63, 3.8) is 0 Å². The van der Waals surface area contributed by atoms with E-state index in [0.29, 0.717) is 31.3 Å². The highest BCUT2D eigenvalue weighted by molar-refractivity contribution is 8.13. The molecule has 3 rings (SSSR count). The van der Waals surface area contributed by atoms with Crippen LogP contribution in [0.1, 0.15) is 5.76 Å². The standard InChI is InChI=1S/C14H17N3O3S/c1-21-14-15-12(9-11-3-2-6-20-11)13(18)17(14)10-16-4-7-19-8-5-16/h2-3,6,9H,4-5,7-8,10H2,1H3/b12-9-. The predicted molar refractivity (Wildman–Crippen MR) is 81.7 cm³/mol. The molecule has 0 unspecified atom stereocenters. The number of amidine groups is 1. The average Bonchev–Trinajstić information content (AvgIpc) is 3.12. The lowest BCUT2D eigenvalue weighted by atomic mass is 10.3. The molecule has 0 spiro atoms. The summed E-state index contributed by atoms with van der Waals surface area (Å²) in [4.78, 5) is 20.8. The second-order valence-electron chi connectivity index (χ2n) is 4.75. The Morgan fingerprint density at radius 1 is 1.43 bits per heavy atom. The summed E-state index contributed by atoms with van der Waals surface area (Å²) in [5.74, 6) is 0.554. The first-order valence-electron chi connectivity index (χ1n) is 6.78. The van der Waals surface area contributed by atoms with Gasteiger partial charge in [0.05, 0.1) is 26.1 Å². The van der Waals surface area contributed by atoms with Crippen LogP contribution in [-0.4, -0.2) is 60.1 Å². The first-order valence-corrected chi connectivity index (χ1v) is 8.00. The molecule has 7 heteroatoms. The number of aliphatic imine (C=N–C) groups is 1. The van der Waals surface area contributed by atoms with Crippen molar-refractivity contribution in [1.82, 2.24) is 9.80 Å². The Hall–Kier alpha value is -1.57. The van der Waals surface area contributed by atoms with Crippen molar-refractivity contribution in [1.29, 1.82) is 0 Å². The van der Waals surface area contributed by atoms with Gasteiger partial charge in [0.25, 0.3) is 5.91 Å². The number of hydrogen-bond donors (Lipinski definition) is 0. The van der Waals surface area contributed by atoms with Crippen LogP contribution in [0.3, 0.4) is 0 Å². The average molecular weight is 307 g/mol. The van der Waals surface area contributed by atoms with Gasteiger partial charge < -0.3 is 9.15 Å².